The van der Waals surface area contributed by atoms with Gasteiger partial charge in [-0.2, -0.15) is 0 Å². The Kier molecular flexibility index (Phi) is 7.90. The fourth-order valence-corrected chi connectivity index (χ4v) is 6.24. The Bertz CT molecular complexity index is 853. The number of hydrogen-bond donors (Lipinski definition) is 1. The molecule has 29 heavy (non-hydrogen) atoms. The first-order valence-electron chi connectivity index (χ1n) is 10.5. The largest absolute Gasteiger partial charge is 1.00 e. The van der Waals surface area contributed by atoms with Crippen LogP contribution in [0, 0.1) is 0 Å². The summed E-state index contributed by atoms with van der Waals surface area (Å²) in [6.07, 6.45) is 7.51. The molecule has 1 aromatic rings. The van der Waals surface area contributed by atoms with Crippen molar-refractivity contribution in [1.29, 1.82) is 0 Å². The molecule has 1 aliphatic heterocycles. The van der Waals surface area contributed by atoms with Crippen molar-refractivity contribution < 1.29 is 64.6 Å². The molecule has 1 aromatic carbocycles. The zero-order valence-electron chi connectivity index (χ0n) is 17.8. The van der Waals surface area contributed by atoms with Gasteiger partial charge < -0.3 is 10.0 Å². The van der Waals surface area contributed by atoms with Crippen molar-refractivity contribution in [2.45, 2.75) is 76.5 Å². The molecule has 0 bridgehead atoms. The van der Waals surface area contributed by atoms with Gasteiger partial charge in [0.1, 0.15) is 0 Å². The molecule has 1 saturated heterocycles. The number of nitrogens with zero attached hydrogens (tertiary/aromatic N) is 2. The Labute approximate surface area is 217 Å². The predicted octanol–water partition coefficient (Wildman–Crippen LogP) is 0.776. The van der Waals surface area contributed by atoms with Gasteiger partial charge in [0.05, 0.1) is 5.25 Å². The van der Waals surface area contributed by atoms with Gasteiger partial charge in [-0.15, -0.1) is 0 Å². The van der Waals surface area contributed by atoms with Crippen LogP contribution < -0.4 is 56.7 Å². The number of piperidine rings is 1. The second-order valence-corrected chi connectivity index (χ2v) is 10.5. The molecule has 2 aliphatic carbocycles. The maximum Gasteiger partial charge on any atom is 1.00 e. The van der Waals surface area contributed by atoms with E-state index in [9.17, 15) is 13.2 Å². The Morgan fingerprint density at radius 2 is 1.72 bits per heavy atom. The number of likely N-dealkylation sites (tertiary alicyclic amines) is 1. The number of carbonyl (C=O) groups is 1. The minimum absolute atomic E-state index is 0. The molecule has 3 aliphatic rings. The van der Waals surface area contributed by atoms with Gasteiger partial charge in [-0.25, -0.2) is 8.42 Å². The summed E-state index contributed by atoms with van der Waals surface area (Å²) < 4.78 is 29.2. The molecule has 0 radical (unpaired) electrons. The number of amides is 2. The van der Waals surface area contributed by atoms with Crippen LogP contribution >= 0.6 is 0 Å². The van der Waals surface area contributed by atoms with Crippen LogP contribution in [0.15, 0.2) is 6.07 Å². The second kappa shape index (κ2) is 9.67. The van der Waals surface area contributed by atoms with Crippen LogP contribution in [-0.4, -0.2) is 43.7 Å². The van der Waals surface area contributed by atoms with Crippen LogP contribution in [0.5, 0.6) is 0 Å². The third-order valence-electron chi connectivity index (χ3n) is 6.48. The van der Waals surface area contributed by atoms with E-state index in [2.05, 4.69) is 34.9 Å². The summed E-state index contributed by atoms with van der Waals surface area (Å²) in [7, 11) is -3.83. The number of anilines is 1. The predicted molar refractivity (Wildman–Crippen MR) is 112 cm³/mol. The number of urea groups is 1. The monoisotopic (exact) mass is 443 g/mol. The maximum absolute atomic E-state index is 12.8. The molecule has 1 N–H and O–H groups in total. The summed E-state index contributed by atoms with van der Waals surface area (Å²) in [5, 5.41) is 2.28. The molecule has 1 fully saturated rings. The summed E-state index contributed by atoms with van der Waals surface area (Å²) >= 11 is 0. The van der Waals surface area contributed by atoms with Gasteiger partial charge in [-0.3, -0.25) is 9.69 Å². The Balaban J connectivity index is 0.00000240. The number of carbonyl (C=O) groups excluding carboxylic acids is 1. The molecule has 1 atom stereocenters. The van der Waals surface area contributed by atoms with Crippen molar-refractivity contribution in [1.82, 2.24) is 4.90 Å². The number of sulfonamides is 1. The molecule has 0 spiro atoms. The van der Waals surface area contributed by atoms with E-state index in [1.54, 1.807) is 0 Å². The smallest absolute Gasteiger partial charge is 0.423 e. The van der Waals surface area contributed by atoms with Crippen molar-refractivity contribution in [3.05, 3.63) is 33.0 Å². The van der Waals surface area contributed by atoms with Crippen LogP contribution in [0.2, 0.25) is 0 Å². The first-order valence-corrected chi connectivity index (χ1v) is 12.0. The first kappa shape index (κ1) is 23.7. The zero-order chi connectivity index (χ0) is 19.9. The van der Waals surface area contributed by atoms with Crippen molar-refractivity contribution in [2.75, 3.05) is 18.4 Å². The summed E-state index contributed by atoms with van der Waals surface area (Å²) in [4.78, 5) is 14.8. The quantitative estimate of drug-likeness (QED) is 0.698. The van der Waals surface area contributed by atoms with E-state index in [0.29, 0.717) is 19.0 Å². The van der Waals surface area contributed by atoms with Crippen molar-refractivity contribution >= 4 is 21.7 Å². The SMILES string of the molecule is CC(C)N1CCCC(S(=O)(=O)[N-]C(=O)Nc2c3c(cc4c2CCC4)CCC3)C1.[K+]. The van der Waals surface area contributed by atoms with Crippen LogP contribution in [0.3, 0.4) is 0 Å². The van der Waals surface area contributed by atoms with E-state index in [4.69, 9.17) is 0 Å². The standard InChI is InChI=1S/C21H31N3O3S.K/c1-14(2)24-11-5-8-17(13-24)28(26,27)23-21(25)22-20-18-9-3-6-15(18)12-16-7-4-10-19(16)20;/h12,14,17H,3-11,13H2,1-2H3,(H2,22,23,25);/q;+1/p-1. The van der Waals surface area contributed by atoms with Gasteiger partial charge in [0.15, 0.2) is 16.1 Å². The van der Waals surface area contributed by atoms with Gasteiger partial charge in [0.25, 0.3) is 0 Å². The van der Waals surface area contributed by atoms with Crippen LogP contribution in [-0.2, 0) is 35.7 Å². The average molecular weight is 444 g/mol. The number of hydrogen-bond acceptors (Lipinski definition) is 4. The molecule has 1 heterocycles. The molecular weight excluding hydrogens is 413 g/mol. The number of fused-ring (bicyclic) bond motifs is 2. The van der Waals surface area contributed by atoms with Crippen molar-refractivity contribution in [2.24, 2.45) is 0 Å². The van der Waals surface area contributed by atoms with Gasteiger partial charge in [-0.1, -0.05) is 6.07 Å². The number of nitrogens with one attached hydrogen (secondary N) is 1. The van der Waals surface area contributed by atoms with E-state index >= 15 is 0 Å². The Morgan fingerprint density at radius 1 is 1.10 bits per heavy atom. The van der Waals surface area contributed by atoms with E-state index in [-0.39, 0.29) is 51.4 Å². The third kappa shape index (κ3) is 5.10. The van der Waals surface area contributed by atoms with Gasteiger partial charge in [0.2, 0.25) is 0 Å². The minimum atomic E-state index is -3.83. The van der Waals surface area contributed by atoms with Crippen molar-refractivity contribution in [3.63, 3.8) is 0 Å². The first-order chi connectivity index (χ1) is 13.3. The average Bonchev–Trinajstić information content (AvgIpc) is 3.30. The summed E-state index contributed by atoms with van der Waals surface area (Å²) in [6, 6.07) is 1.84. The van der Waals surface area contributed by atoms with E-state index < -0.39 is 21.3 Å². The van der Waals surface area contributed by atoms with E-state index in [0.717, 1.165) is 57.2 Å². The third-order valence-corrected chi connectivity index (χ3v) is 8.12. The van der Waals surface area contributed by atoms with E-state index in [1.165, 1.54) is 22.3 Å². The molecule has 1 unspecified atom stereocenters. The summed E-state index contributed by atoms with van der Waals surface area (Å²) in [5.41, 5.74) is 5.83. The van der Waals surface area contributed by atoms with E-state index in [1.807, 2.05) is 0 Å². The molecule has 8 heteroatoms. The molecule has 4 rings (SSSR count). The number of benzene rings is 1. The molecule has 0 saturated carbocycles. The molecule has 2 amide bonds. The number of rotatable bonds is 4. The zero-order valence-corrected chi connectivity index (χ0v) is 21.8. The Morgan fingerprint density at radius 3 is 2.31 bits per heavy atom. The van der Waals surface area contributed by atoms with Gasteiger partial charge >= 0.3 is 51.4 Å². The normalized spacial score (nSPS) is 21.4. The van der Waals surface area contributed by atoms with Crippen LogP contribution in [0.1, 0.15) is 61.8 Å². The van der Waals surface area contributed by atoms with Crippen molar-refractivity contribution in [3.8, 4) is 0 Å². The number of aryl methyl sites for hydroxylation is 2. The molecular formula is C21H30KN3O3S. The topological polar surface area (TPSA) is 80.6 Å². The molecule has 6 nitrogen and oxygen atoms in total. The molecule has 0 aromatic heterocycles. The maximum atomic E-state index is 12.8. The summed E-state index contributed by atoms with van der Waals surface area (Å²) in [5.74, 6) is 0. The minimum Gasteiger partial charge on any atom is -0.423 e. The van der Waals surface area contributed by atoms with Gasteiger partial charge in [-0.05, 0) is 99.7 Å². The summed E-state index contributed by atoms with van der Waals surface area (Å²) in [6.45, 7) is 5.48. The van der Waals surface area contributed by atoms with Gasteiger partial charge in [0, 0.05) is 12.6 Å². The molecule has 154 valence electrons. The fourth-order valence-electron chi connectivity index (χ4n) is 4.97. The fraction of sp³-hybridized carbons (Fsp3) is 0.667. The van der Waals surface area contributed by atoms with Crippen LogP contribution in [0.25, 0.3) is 4.72 Å². The second-order valence-electron chi connectivity index (χ2n) is 8.62. The van der Waals surface area contributed by atoms with Crippen LogP contribution in [0.4, 0.5) is 10.5 Å². The Hall–Kier alpha value is 0.0364.